The molecule has 0 bridgehead atoms. The summed E-state index contributed by atoms with van der Waals surface area (Å²) in [4.78, 5) is 41.4. The maximum atomic E-state index is 13.8. The summed E-state index contributed by atoms with van der Waals surface area (Å²) in [5, 5.41) is 5.77. The molecule has 8 heteroatoms. The van der Waals surface area contributed by atoms with E-state index in [1.165, 1.54) is 24.3 Å². The van der Waals surface area contributed by atoms with Gasteiger partial charge in [0.05, 0.1) is 25.6 Å². The van der Waals surface area contributed by atoms with Gasteiger partial charge in [0.1, 0.15) is 11.8 Å². The first-order valence-corrected chi connectivity index (χ1v) is 12.2. The fourth-order valence-electron chi connectivity index (χ4n) is 4.56. The number of anilines is 1. The van der Waals surface area contributed by atoms with E-state index in [-0.39, 0.29) is 24.3 Å². The average molecular weight is 490 g/mol. The number of ether oxygens (including phenoxy) is 1. The minimum Gasteiger partial charge on any atom is -0.495 e. The molecule has 188 valence electrons. The molecule has 2 N–H and O–H groups in total. The molecule has 3 amide bonds. The van der Waals surface area contributed by atoms with Crippen LogP contribution in [0.2, 0.25) is 0 Å². The molecule has 0 radical (unpaired) electrons. The van der Waals surface area contributed by atoms with Crippen molar-refractivity contribution in [2.75, 3.05) is 18.6 Å². The third kappa shape index (κ3) is 5.94. The molecule has 36 heavy (non-hydrogen) atoms. The maximum Gasteiger partial charge on any atom is 0.287 e. The van der Waals surface area contributed by atoms with E-state index in [1.54, 1.807) is 30.3 Å². The number of amides is 3. The summed E-state index contributed by atoms with van der Waals surface area (Å²) in [6.07, 6.45) is 6.50. The molecule has 1 aliphatic rings. The molecule has 1 fully saturated rings. The zero-order valence-electron chi connectivity index (χ0n) is 20.3. The second kappa shape index (κ2) is 12.1. The van der Waals surface area contributed by atoms with Gasteiger partial charge in [-0.1, -0.05) is 61.7 Å². The SMILES string of the molecule is COc1ccccc1N(C(=O)CNC(=O)c1ccco1)[C@@H](C(=O)NC1CCCCC1)c1ccccc1. The lowest BCUT2D eigenvalue weighted by atomic mass is 9.94. The standard InChI is InChI=1S/C28H31N3O5/c1-35-23-16-9-8-15-22(23)31(25(32)19-29-27(33)24-17-10-18-36-24)26(20-11-4-2-5-12-20)28(34)30-21-13-6-3-7-14-21/h2,4-5,8-12,15-18,21,26H,3,6-7,13-14,19H2,1H3,(H,29,33)(H,30,34)/t26-/m1/s1. The Morgan fingerprint density at radius 1 is 0.972 bits per heavy atom. The van der Waals surface area contributed by atoms with Crippen LogP contribution in [0.4, 0.5) is 5.69 Å². The van der Waals surface area contributed by atoms with Crippen molar-refractivity contribution in [3.05, 3.63) is 84.3 Å². The summed E-state index contributed by atoms with van der Waals surface area (Å²) in [5.74, 6) is -0.719. The van der Waals surface area contributed by atoms with Gasteiger partial charge in [-0.15, -0.1) is 0 Å². The fraction of sp³-hybridized carbons (Fsp3) is 0.321. The van der Waals surface area contributed by atoms with Crippen molar-refractivity contribution in [1.82, 2.24) is 10.6 Å². The molecule has 2 aromatic carbocycles. The summed E-state index contributed by atoms with van der Waals surface area (Å²) in [5.41, 5.74) is 1.09. The van der Waals surface area contributed by atoms with Crippen LogP contribution in [-0.4, -0.2) is 37.4 Å². The molecule has 1 heterocycles. The summed E-state index contributed by atoms with van der Waals surface area (Å²) in [6, 6.07) is 18.4. The van der Waals surface area contributed by atoms with Crippen LogP contribution in [-0.2, 0) is 9.59 Å². The summed E-state index contributed by atoms with van der Waals surface area (Å²) >= 11 is 0. The van der Waals surface area contributed by atoms with Gasteiger partial charge in [0.25, 0.3) is 5.91 Å². The lowest BCUT2D eigenvalue weighted by molar-refractivity contribution is -0.127. The molecule has 0 spiro atoms. The quantitative estimate of drug-likeness (QED) is 0.468. The molecule has 8 nitrogen and oxygen atoms in total. The number of rotatable bonds is 9. The summed E-state index contributed by atoms with van der Waals surface area (Å²) < 4.78 is 10.7. The molecule has 1 atom stereocenters. The van der Waals surface area contributed by atoms with Crippen LogP contribution in [0.1, 0.15) is 54.3 Å². The average Bonchev–Trinajstić information content (AvgIpc) is 3.46. The van der Waals surface area contributed by atoms with Crippen LogP contribution in [0.25, 0.3) is 0 Å². The fourth-order valence-corrected chi connectivity index (χ4v) is 4.56. The maximum absolute atomic E-state index is 13.8. The molecule has 0 saturated heterocycles. The van der Waals surface area contributed by atoms with Crippen LogP contribution in [0.15, 0.2) is 77.4 Å². The van der Waals surface area contributed by atoms with Crippen LogP contribution in [0.5, 0.6) is 5.75 Å². The van der Waals surface area contributed by atoms with Crippen LogP contribution < -0.4 is 20.3 Å². The number of benzene rings is 2. The first-order chi connectivity index (χ1) is 17.6. The van der Waals surface area contributed by atoms with Gasteiger partial charge in [0, 0.05) is 6.04 Å². The van der Waals surface area contributed by atoms with E-state index in [1.807, 2.05) is 30.3 Å². The lowest BCUT2D eigenvalue weighted by Crippen LogP contribution is -2.49. The Balaban J connectivity index is 1.69. The van der Waals surface area contributed by atoms with Crippen LogP contribution in [0, 0.1) is 0 Å². The van der Waals surface area contributed by atoms with Crippen molar-refractivity contribution >= 4 is 23.4 Å². The smallest absolute Gasteiger partial charge is 0.287 e. The van der Waals surface area contributed by atoms with Gasteiger partial charge in [-0.3, -0.25) is 19.3 Å². The molecule has 4 rings (SSSR count). The van der Waals surface area contributed by atoms with Crippen molar-refractivity contribution in [2.45, 2.75) is 44.2 Å². The number of methoxy groups -OCH3 is 1. The van der Waals surface area contributed by atoms with E-state index in [4.69, 9.17) is 9.15 Å². The van der Waals surface area contributed by atoms with E-state index >= 15 is 0 Å². The van der Waals surface area contributed by atoms with Gasteiger partial charge >= 0.3 is 0 Å². The highest BCUT2D eigenvalue weighted by atomic mass is 16.5. The molecule has 1 saturated carbocycles. The number of para-hydroxylation sites is 2. The largest absolute Gasteiger partial charge is 0.495 e. The summed E-state index contributed by atoms with van der Waals surface area (Å²) in [6.45, 7) is -0.336. The Kier molecular flexibility index (Phi) is 8.39. The number of nitrogens with one attached hydrogen (secondary N) is 2. The Morgan fingerprint density at radius 3 is 2.39 bits per heavy atom. The number of hydrogen-bond donors (Lipinski definition) is 2. The monoisotopic (exact) mass is 489 g/mol. The number of carbonyl (C=O) groups is 3. The first kappa shape index (κ1) is 25.0. The predicted molar refractivity (Wildman–Crippen MR) is 136 cm³/mol. The van der Waals surface area contributed by atoms with Crippen molar-refractivity contribution in [3.63, 3.8) is 0 Å². The second-order valence-corrected chi connectivity index (χ2v) is 8.75. The van der Waals surface area contributed by atoms with Crippen LogP contribution in [0.3, 0.4) is 0 Å². The van der Waals surface area contributed by atoms with Crippen molar-refractivity contribution < 1.29 is 23.5 Å². The Hall–Kier alpha value is -4.07. The van der Waals surface area contributed by atoms with E-state index in [0.29, 0.717) is 17.0 Å². The zero-order valence-corrected chi connectivity index (χ0v) is 20.3. The molecular formula is C28H31N3O5. The third-order valence-corrected chi connectivity index (χ3v) is 6.33. The zero-order chi connectivity index (χ0) is 25.3. The molecule has 0 unspecified atom stereocenters. The Bertz CT molecular complexity index is 1160. The van der Waals surface area contributed by atoms with Crippen LogP contribution >= 0.6 is 0 Å². The van der Waals surface area contributed by atoms with E-state index < -0.39 is 17.9 Å². The molecule has 1 aromatic heterocycles. The van der Waals surface area contributed by atoms with Gasteiger partial charge in [-0.25, -0.2) is 0 Å². The highest BCUT2D eigenvalue weighted by molar-refractivity contribution is 6.05. The molecule has 3 aromatic rings. The highest BCUT2D eigenvalue weighted by Gasteiger charge is 2.35. The highest BCUT2D eigenvalue weighted by Crippen LogP contribution is 2.35. The predicted octanol–water partition coefficient (Wildman–Crippen LogP) is 4.24. The minimum atomic E-state index is -0.961. The van der Waals surface area contributed by atoms with Crippen molar-refractivity contribution in [1.29, 1.82) is 0 Å². The summed E-state index contributed by atoms with van der Waals surface area (Å²) in [7, 11) is 1.51. The van der Waals surface area contributed by atoms with Gasteiger partial charge in [0.15, 0.2) is 5.76 Å². The van der Waals surface area contributed by atoms with E-state index in [9.17, 15) is 14.4 Å². The van der Waals surface area contributed by atoms with Crippen molar-refractivity contribution in [2.24, 2.45) is 0 Å². The topological polar surface area (TPSA) is 101 Å². The number of furan rings is 1. The van der Waals surface area contributed by atoms with Gasteiger partial charge in [-0.05, 0) is 42.7 Å². The Morgan fingerprint density at radius 2 is 1.69 bits per heavy atom. The third-order valence-electron chi connectivity index (χ3n) is 6.33. The van der Waals surface area contributed by atoms with Crippen molar-refractivity contribution in [3.8, 4) is 5.75 Å². The molecule has 1 aliphatic carbocycles. The molecule has 0 aliphatic heterocycles. The number of carbonyl (C=O) groups excluding carboxylic acids is 3. The van der Waals surface area contributed by atoms with Gasteiger partial charge in [0.2, 0.25) is 11.8 Å². The van der Waals surface area contributed by atoms with E-state index in [2.05, 4.69) is 10.6 Å². The Labute approximate surface area is 210 Å². The van der Waals surface area contributed by atoms with Gasteiger partial charge in [-0.2, -0.15) is 0 Å². The second-order valence-electron chi connectivity index (χ2n) is 8.75. The number of hydrogen-bond acceptors (Lipinski definition) is 5. The van der Waals surface area contributed by atoms with Gasteiger partial charge < -0.3 is 19.8 Å². The molecular weight excluding hydrogens is 458 g/mol. The lowest BCUT2D eigenvalue weighted by Gasteiger charge is -2.34. The number of nitrogens with zero attached hydrogens (tertiary/aromatic N) is 1. The first-order valence-electron chi connectivity index (χ1n) is 12.2. The normalized spacial score (nSPS) is 14.5. The minimum absolute atomic E-state index is 0.0609. The van der Waals surface area contributed by atoms with E-state index in [0.717, 1.165) is 32.1 Å².